The number of halogens is 1. The van der Waals surface area contributed by atoms with Gasteiger partial charge in [0.15, 0.2) is 0 Å². The van der Waals surface area contributed by atoms with Gasteiger partial charge in [-0.15, -0.1) is 0 Å². The number of likely N-dealkylation sites (tertiary alicyclic amines) is 1. The SMILES string of the molecule is Cc1c(C(=O)N2CCC(n3c(=O)[nH]c4ccccc43)CC2)[nH]c2ccc(Br)cc12. The van der Waals surface area contributed by atoms with Crippen LogP contribution in [0.3, 0.4) is 0 Å². The van der Waals surface area contributed by atoms with Gasteiger partial charge in [-0.3, -0.25) is 9.36 Å². The number of nitrogens with one attached hydrogen (secondary N) is 2. The molecule has 3 heterocycles. The van der Waals surface area contributed by atoms with Crippen molar-refractivity contribution in [2.45, 2.75) is 25.8 Å². The molecule has 2 aromatic carbocycles. The summed E-state index contributed by atoms with van der Waals surface area (Å²) in [6, 6.07) is 13.8. The molecule has 148 valence electrons. The van der Waals surface area contributed by atoms with E-state index in [2.05, 4.69) is 25.9 Å². The number of aromatic amines is 2. The molecular formula is C22H21BrN4O2. The smallest absolute Gasteiger partial charge is 0.326 e. The van der Waals surface area contributed by atoms with Crippen LogP contribution >= 0.6 is 15.9 Å². The second-order valence-electron chi connectivity index (χ2n) is 7.66. The molecule has 0 atom stereocenters. The number of hydrogen-bond donors (Lipinski definition) is 2. The number of imidazole rings is 1. The lowest BCUT2D eigenvalue weighted by Gasteiger charge is -2.32. The van der Waals surface area contributed by atoms with Gasteiger partial charge in [-0.05, 0) is 55.7 Å². The van der Waals surface area contributed by atoms with Crippen molar-refractivity contribution in [1.29, 1.82) is 0 Å². The van der Waals surface area contributed by atoms with Crippen molar-refractivity contribution < 1.29 is 4.79 Å². The van der Waals surface area contributed by atoms with Gasteiger partial charge in [0.05, 0.1) is 11.0 Å². The number of nitrogens with zero attached hydrogens (tertiary/aromatic N) is 2. The van der Waals surface area contributed by atoms with Crippen molar-refractivity contribution in [3.05, 3.63) is 68.7 Å². The molecule has 0 aliphatic carbocycles. The highest BCUT2D eigenvalue weighted by Crippen LogP contribution is 2.29. The lowest BCUT2D eigenvalue weighted by atomic mass is 10.0. The minimum Gasteiger partial charge on any atom is -0.350 e. The van der Waals surface area contributed by atoms with E-state index < -0.39 is 0 Å². The molecular weight excluding hydrogens is 432 g/mol. The average Bonchev–Trinajstić information content (AvgIpc) is 3.24. The highest BCUT2D eigenvalue weighted by molar-refractivity contribution is 9.10. The number of para-hydroxylation sites is 2. The van der Waals surface area contributed by atoms with E-state index in [9.17, 15) is 9.59 Å². The Labute approximate surface area is 175 Å². The first kappa shape index (κ1) is 18.2. The lowest BCUT2D eigenvalue weighted by molar-refractivity contribution is 0.0689. The molecule has 0 unspecified atom stereocenters. The molecule has 1 saturated heterocycles. The molecule has 0 saturated carbocycles. The zero-order valence-electron chi connectivity index (χ0n) is 16.0. The van der Waals surface area contributed by atoms with Gasteiger partial charge in [0.1, 0.15) is 5.69 Å². The Morgan fingerprint density at radius 1 is 1.07 bits per heavy atom. The number of amides is 1. The summed E-state index contributed by atoms with van der Waals surface area (Å²) in [7, 11) is 0. The lowest BCUT2D eigenvalue weighted by Crippen LogP contribution is -2.40. The van der Waals surface area contributed by atoms with Crippen LogP contribution in [0.5, 0.6) is 0 Å². The summed E-state index contributed by atoms with van der Waals surface area (Å²) in [6.07, 6.45) is 1.52. The first-order valence-corrected chi connectivity index (χ1v) is 10.6. The predicted octanol–water partition coefficient (Wildman–Crippen LogP) is 4.36. The number of aryl methyl sites for hydroxylation is 1. The summed E-state index contributed by atoms with van der Waals surface area (Å²) in [6.45, 7) is 3.25. The maximum Gasteiger partial charge on any atom is 0.326 e. The fourth-order valence-corrected chi connectivity index (χ4v) is 4.80. The van der Waals surface area contributed by atoms with Crippen molar-refractivity contribution in [3.8, 4) is 0 Å². The third-order valence-corrected chi connectivity index (χ3v) is 6.47. The van der Waals surface area contributed by atoms with E-state index in [1.165, 1.54) is 0 Å². The summed E-state index contributed by atoms with van der Waals surface area (Å²) in [5.41, 5.74) is 4.31. The van der Waals surface area contributed by atoms with Crippen molar-refractivity contribution >= 4 is 43.8 Å². The maximum atomic E-state index is 13.2. The van der Waals surface area contributed by atoms with Crippen LogP contribution < -0.4 is 5.69 Å². The van der Waals surface area contributed by atoms with E-state index in [4.69, 9.17) is 0 Å². The monoisotopic (exact) mass is 452 g/mol. The molecule has 5 rings (SSSR count). The molecule has 1 aliphatic rings. The molecule has 7 heteroatoms. The standard InChI is InChI=1S/C22H21BrN4O2/c1-13-16-12-14(23)6-7-17(16)24-20(13)21(28)26-10-8-15(9-11-26)27-19-5-3-2-4-18(19)25-22(27)29/h2-7,12,15,24H,8-11H2,1H3,(H,25,29). The number of H-pyrrole nitrogens is 2. The second-order valence-corrected chi connectivity index (χ2v) is 8.57. The number of piperidine rings is 1. The summed E-state index contributed by atoms with van der Waals surface area (Å²) in [5, 5.41) is 1.06. The zero-order chi connectivity index (χ0) is 20.1. The summed E-state index contributed by atoms with van der Waals surface area (Å²) >= 11 is 3.50. The Hall–Kier alpha value is -2.80. The van der Waals surface area contributed by atoms with Crippen molar-refractivity contribution in [2.24, 2.45) is 0 Å². The Morgan fingerprint density at radius 3 is 2.62 bits per heavy atom. The molecule has 0 spiro atoms. The first-order chi connectivity index (χ1) is 14.0. The van der Waals surface area contributed by atoms with E-state index in [1.54, 1.807) is 0 Å². The van der Waals surface area contributed by atoms with Crippen LogP contribution in [-0.4, -0.2) is 38.4 Å². The quantitative estimate of drug-likeness (QED) is 0.474. The highest BCUT2D eigenvalue weighted by atomic mass is 79.9. The molecule has 1 amide bonds. The average molecular weight is 453 g/mol. The van der Waals surface area contributed by atoms with E-state index in [0.717, 1.165) is 44.8 Å². The van der Waals surface area contributed by atoms with Crippen molar-refractivity contribution in [1.82, 2.24) is 19.4 Å². The van der Waals surface area contributed by atoms with Crippen LogP contribution in [0.15, 0.2) is 51.7 Å². The Morgan fingerprint density at radius 2 is 1.83 bits per heavy atom. The number of rotatable bonds is 2. The van der Waals surface area contributed by atoms with Crippen LogP contribution in [-0.2, 0) is 0 Å². The number of hydrogen-bond acceptors (Lipinski definition) is 2. The molecule has 1 fully saturated rings. The van der Waals surface area contributed by atoms with E-state index in [1.807, 2.05) is 58.9 Å². The van der Waals surface area contributed by atoms with Gasteiger partial charge < -0.3 is 14.9 Å². The van der Waals surface area contributed by atoms with Crippen molar-refractivity contribution in [3.63, 3.8) is 0 Å². The van der Waals surface area contributed by atoms with Gasteiger partial charge in [0.2, 0.25) is 0 Å². The van der Waals surface area contributed by atoms with Crippen LogP contribution in [0.25, 0.3) is 21.9 Å². The van der Waals surface area contributed by atoms with Gasteiger partial charge in [0.25, 0.3) is 5.91 Å². The summed E-state index contributed by atoms with van der Waals surface area (Å²) in [4.78, 5) is 33.7. The van der Waals surface area contributed by atoms with Crippen LogP contribution in [0, 0.1) is 6.92 Å². The fourth-order valence-electron chi connectivity index (χ4n) is 4.43. The largest absolute Gasteiger partial charge is 0.350 e. The minimum absolute atomic E-state index is 0.0274. The minimum atomic E-state index is -0.0759. The number of benzene rings is 2. The predicted molar refractivity (Wildman–Crippen MR) is 117 cm³/mol. The Balaban J connectivity index is 1.38. The molecule has 0 radical (unpaired) electrons. The number of fused-ring (bicyclic) bond motifs is 2. The van der Waals surface area contributed by atoms with Gasteiger partial charge in [-0.1, -0.05) is 28.1 Å². The van der Waals surface area contributed by atoms with Gasteiger partial charge in [0, 0.05) is 34.5 Å². The Kier molecular flexibility index (Phi) is 4.35. The van der Waals surface area contributed by atoms with Crippen molar-refractivity contribution in [2.75, 3.05) is 13.1 Å². The summed E-state index contributed by atoms with van der Waals surface area (Å²) < 4.78 is 2.85. The number of aromatic nitrogens is 3. The van der Waals surface area contributed by atoms with Gasteiger partial charge in [-0.25, -0.2) is 4.79 Å². The molecule has 2 aromatic heterocycles. The summed E-state index contributed by atoms with van der Waals surface area (Å²) in [5.74, 6) is 0.0274. The van der Waals surface area contributed by atoms with E-state index in [0.29, 0.717) is 18.8 Å². The molecule has 29 heavy (non-hydrogen) atoms. The molecule has 0 bridgehead atoms. The normalized spacial score (nSPS) is 15.4. The molecule has 2 N–H and O–H groups in total. The molecule has 1 aliphatic heterocycles. The van der Waals surface area contributed by atoms with Crippen LogP contribution in [0.2, 0.25) is 0 Å². The van der Waals surface area contributed by atoms with E-state index in [-0.39, 0.29) is 17.6 Å². The highest BCUT2D eigenvalue weighted by Gasteiger charge is 2.28. The Bertz CT molecular complexity index is 1290. The van der Waals surface area contributed by atoms with Crippen LogP contribution in [0.4, 0.5) is 0 Å². The molecule has 4 aromatic rings. The molecule has 6 nitrogen and oxygen atoms in total. The fraction of sp³-hybridized carbons (Fsp3) is 0.273. The third-order valence-electron chi connectivity index (χ3n) is 5.97. The topological polar surface area (TPSA) is 73.9 Å². The number of carbonyl (C=O) groups is 1. The van der Waals surface area contributed by atoms with E-state index >= 15 is 0 Å². The van der Waals surface area contributed by atoms with Gasteiger partial charge in [-0.2, -0.15) is 0 Å². The van der Waals surface area contributed by atoms with Crippen LogP contribution in [0.1, 0.15) is 34.9 Å². The number of carbonyl (C=O) groups excluding carboxylic acids is 1. The second kappa shape index (κ2) is 6.91. The third kappa shape index (κ3) is 3.00. The van der Waals surface area contributed by atoms with Gasteiger partial charge >= 0.3 is 5.69 Å². The first-order valence-electron chi connectivity index (χ1n) is 9.79. The maximum absolute atomic E-state index is 13.2. The zero-order valence-corrected chi connectivity index (χ0v) is 17.6.